The number of ether oxygens (including phenoxy) is 1. The van der Waals surface area contributed by atoms with E-state index in [9.17, 15) is 18.9 Å². The van der Waals surface area contributed by atoms with Crippen molar-refractivity contribution in [1.82, 2.24) is 0 Å². The number of alkyl halides is 2. The number of rotatable bonds is 6. The Morgan fingerprint density at radius 1 is 1.50 bits per heavy atom. The number of nitro benzene ring substituents is 1. The van der Waals surface area contributed by atoms with Crippen LogP contribution in [0.4, 0.5) is 20.2 Å². The number of nitrogens with zero attached hydrogens (tertiary/aromatic N) is 1. The highest BCUT2D eigenvalue weighted by Crippen LogP contribution is 2.25. The number of nitrogens with one attached hydrogen (secondary N) is 1. The Morgan fingerprint density at radius 3 is 2.67 bits per heavy atom. The molecule has 18 heavy (non-hydrogen) atoms. The molecule has 0 aliphatic heterocycles. The Labute approximate surface area is 101 Å². The summed E-state index contributed by atoms with van der Waals surface area (Å²) in [6.45, 7) is -0.415. The minimum absolute atomic E-state index is 0.221. The minimum Gasteiger partial charge on any atom is -0.496 e. The van der Waals surface area contributed by atoms with E-state index in [1.165, 1.54) is 25.3 Å². The molecule has 0 amide bonds. The first-order chi connectivity index (χ1) is 8.43. The molecule has 0 heterocycles. The normalized spacial score (nSPS) is 12.3. The van der Waals surface area contributed by atoms with E-state index in [0.29, 0.717) is 0 Å². The molecule has 1 aromatic rings. The quantitative estimate of drug-likeness (QED) is 0.601. The zero-order valence-corrected chi connectivity index (χ0v) is 9.47. The molecule has 100 valence electrons. The van der Waals surface area contributed by atoms with Crippen LogP contribution in [0.3, 0.4) is 0 Å². The van der Waals surface area contributed by atoms with Gasteiger partial charge in [0.15, 0.2) is 0 Å². The number of anilines is 1. The fraction of sp³-hybridized carbons (Fsp3) is 0.400. The molecule has 2 N–H and O–H groups in total. The van der Waals surface area contributed by atoms with E-state index in [0.717, 1.165) is 0 Å². The van der Waals surface area contributed by atoms with E-state index in [4.69, 9.17) is 9.84 Å². The van der Waals surface area contributed by atoms with Crippen LogP contribution in [-0.4, -0.2) is 36.2 Å². The van der Waals surface area contributed by atoms with Crippen molar-refractivity contribution in [2.45, 2.75) is 12.5 Å². The third kappa shape index (κ3) is 3.81. The average Bonchev–Trinajstić information content (AvgIpc) is 2.35. The van der Waals surface area contributed by atoms with Crippen molar-refractivity contribution >= 4 is 11.4 Å². The number of benzene rings is 1. The SMILES string of the molecule is COc1cc(NCC(O)C(F)F)cc([N+](=O)[O-])c1. The predicted octanol–water partition coefficient (Wildman–Crippen LogP) is 1.64. The van der Waals surface area contributed by atoms with Crippen LogP contribution in [0.15, 0.2) is 18.2 Å². The van der Waals surface area contributed by atoms with Crippen molar-refractivity contribution in [3.63, 3.8) is 0 Å². The largest absolute Gasteiger partial charge is 0.496 e. The maximum Gasteiger partial charge on any atom is 0.275 e. The third-order valence-corrected chi connectivity index (χ3v) is 2.14. The molecule has 1 atom stereocenters. The second-order valence-corrected chi connectivity index (χ2v) is 3.46. The highest BCUT2D eigenvalue weighted by Gasteiger charge is 2.17. The number of hydrogen-bond donors (Lipinski definition) is 2. The maximum absolute atomic E-state index is 12.1. The minimum atomic E-state index is -2.88. The number of aliphatic hydroxyl groups is 1. The van der Waals surface area contributed by atoms with Gasteiger partial charge in [-0.1, -0.05) is 0 Å². The van der Waals surface area contributed by atoms with Crippen LogP contribution in [0.5, 0.6) is 5.75 Å². The summed E-state index contributed by atoms with van der Waals surface area (Å²) in [5.74, 6) is 0.221. The Bertz CT molecular complexity index is 428. The van der Waals surface area contributed by atoms with E-state index in [2.05, 4.69) is 5.32 Å². The van der Waals surface area contributed by atoms with E-state index in [1.807, 2.05) is 0 Å². The van der Waals surface area contributed by atoms with Gasteiger partial charge in [0.05, 0.1) is 18.1 Å². The molecule has 0 saturated carbocycles. The third-order valence-electron chi connectivity index (χ3n) is 2.14. The molecule has 0 aromatic heterocycles. The number of methoxy groups -OCH3 is 1. The molecule has 0 spiro atoms. The molecule has 0 saturated heterocycles. The van der Waals surface area contributed by atoms with Gasteiger partial charge < -0.3 is 15.2 Å². The zero-order chi connectivity index (χ0) is 13.7. The zero-order valence-electron chi connectivity index (χ0n) is 9.47. The second kappa shape index (κ2) is 6.10. The Balaban J connectivity index is 2.81. The van der Waals surface area contributed by atoms with Gasteiger partial charge >= 0.3 is 0 Å². The summed E-state index contributed by atoms with van der Waals surface area (Å²) in [5.41, 5.74) is -0.0101. The number of aliphatic hydroxyl groups excluding tert-OH is 1. The lowest BCUT2D eigenvalue weighted by Crippen LogP contribution is -2.26. The van der Waals surface area contributed by atoms with Gasteiger partial charge in [-0.15, -0.1) is 0 Å². The lowest BCUT2D eigenvalue weighted by atomic mass is 10.2. The van der Waals surface area contributed by atoms with Crippen molar-refractivity contribution in [3.8, 4) is 5.75 Å². The molecule has 1 aromatic carbocycles. The number of halogens is 2. The van der Waals surface area contributed by atoms with Gasteiger partial charge in [0.1, 0.15) is 11.9 Å². The first-order valence-electron chi connectivity index (χ1n) is 4.97. The van der Waals surface area contributed by atoms with Crippen molar-refractivity contribution < 1.29 is 23.5 Å². The van der Waals surface area contributed by atoms with Crippen molar-refractivity contribution in [2.75, 3.05) is 19.0 Å². The fourth-order valence-electron chi connectivity index (χ4n) is 1.22. The molecule has 0 bridgehead atoms. The van der Waals surface area contributed by atoms with Crippen LogP contribution in [0.25, 0.3) is 0 Å². The van der Waals surface area contributed by atoms with Crippen LogP contribution in [-0.2, 0) is 0 Å². The first kappa shape index (κ1) is 14.1. The van der Waals surface area contributed by atoms with Gasteiger partial charge in [0.25, 0.3) is 12.1 Å². The molecule has 6 nitrogen and oxygen atoms in total. The lowest BCUT2D eigenvalue weighted by Gasteiger charge is -2.12. The molecular weight excluding hydrogens is 250 g/mol. The molecular formula is C10H12F2N2O4. The first-order valence-corrected chi connectivity index (χ1v) is 4.97. The lowest BCUT2D eigenvalue weighted by molar-refractivity contribution is -0.384. The molecule has 1 rings (SSSR count). The summed E-state index contributed by atoms with van der Waals surface area (Å²) < 4.78 is 29.0. The average molecular weight is 262 g/mol. The standard InChI is InChI=1S/C10H12F2N2O4/c1-18-8-3-6(2-7(4-8)14(16)17)13-5-9(15)10(11)12/h2-4,9-10,13,15H,5H2,1H3. The van der Waals surface area contributed by atoms with Gasteiger partial charge in [-0.3, -0.25) is 10.1 Å². The van der Waals surface area contributed by atoms with Gasteiger partial charge in [0, 0.05) is 24.4 Å². The van der Waals surface area contributed by atoms with Crippen molar-refractivity contribution in [2.24, 2.45) is 0 Å². The maximum atomic E-state index is 12.1. The number of hydrogen-bond acceptors (Lipinski definition) is 5. The molecule has 0 radical (unpaired) electrons. The van der Waals surface area contributed by atoms with Crippen LogP contribution < -0.4 is 10.1 Å². The van der Waals surface area contributed by atoms with Crippen LogP contribution in [0.2, 0.25) is 0 Å². The van der Waals surface area contributed by atoms with Gasteiger partial charge in [0.2, 0.25) is 0 Å². The fourth-order valence-corrected chi connectivity index (χ4v) is 1.22. The predicted molar refractivity (Wildman–Crippen MR) is 60.1 cm³/mol. The summed E-state index contributed by atoms with van der Waals surface area (Å²) in [4.78, 5) is 9.99. The van der Waals surface area contributed by atoms with E-state index in [1.54, 1.807) is 0 Å². The number of non-ortho nitro benzene ring substituents is 1. The van der Waals surface area contributed by atoms with E-state index < -0.39 is 24.0 Å². The van der Waals surface area contributed by atoms with Crippen LogP contribution in [0.1, 0.15) is 0 Å². The summed E-state index contributed by atoms with van der Waals surface area (Å²) in [6, 6.07) is 3.78. The molecule has 8 heteroatoms. The monoisotopic (exact) mass is 262 g/mol. The molecule has 0 aliphatic rings. The summed E-state index contributed by atoms with van der Waals surface area (Å²) in [7, 11) is 1.33. The Kier molecular flexibility index (Phi) is 4.78. The molecule has 0 fully saturated rings. The highest BCUT2D eigenvalue weighted by atomic mass is 19.3. The molecule has 0 aliphatic carbocycles. The van der Waals surface area contributed by atoms with Gasteiger partial charge in [-0.25, -0.2) is 8.78 Å². The highest BCUT2D eigenvalue weighted by molar-refractivity contribution is 5.56. The van der Waals surface area contributed by atoms with E-state index in [-0.39, 0.29) is 17.1 Å². The van der Waals surface area contributed by atoms with Gasteiger partial charge in [-0.2, -0.15) is 0 Å². The van der Waals surface area contributed by atoms with E-state index >= 15 is 0 Å². The Hall–Kier alpha value is -1.96. The van der Waals surface area contributed by atoms with Crippen molar-refractivity contribution in [1.29, 1.82) is 0 Å². The Morgan fingerprint density at radius 2 is 2.17 bits per heavy atom. The topological polar surface area (TPSA) is 84.6 Å². The summed E-state index contributed by atoms with van der Waals surface area (Å²) in [5, 5.41) is 22.0. The van der Waals surface area contributed by atoms with Crippen LogP contribution >= 0.6 is 0 Å². The summed E-state index contributed by atoms with van der Waals surface area (Å²) >= 11 is 0. The summed E-state index contributed by atoms with van der Waals surface area (Å²) in [6.07, 6.45) is -4.71. The van der Waals surface area contributed by atoms with Gasteiger partial charge in [-0.05, 0) is 0 Å². The van der Waals surface area contributed by atoms with Crippen molar-refractivity contribution in [3.05, 3.63) is 28.3 Å². The molecule has 1 unspecified atom stereocenters. The number of nitro groups is 1. The van der Waals surface area contributed by atoms with Crippen LogP contribution in [0, 0.1) is 10.1 Å². The second-order valence-electron chi connectivity index (χ2n) is 3.46. The smallest absolute Gasteiger partial charge is 0.275 e.